The predicted molar refractivity (Wildman–Crippen MR) is 159 cm³/mol. The molecule has 4 aromatic rings. The summed E-state index contributed by atoms with van der Waals surface area (Å²) < 4.78 is 63.4. The molecule has 4 aliphatic carbocycles. The molecule has 0 radical (unpaired) electrons. The number of nitrogens with two attached hydrogens (primary N) is 3. The number of benzene rings is 4. The van der Waals surface area contributed by atoms with Crippen molar-refractivity contribution in [3.8, 4) is 34.5 Å². The van der Waals surface area contributed by atoms with Gasteiger partial charge in [-0.25, -0.2) is 13.2 Å². The van der Waals surface area contributed by atoms with Crippen molar-refractivity contribution in [3.63, 3.8) is 0 Å². The largest absolute Gasteiger partial charge is 0.454 e. The predicted octanol–water partition coefficient (Wildman–Crippen LogP) is 8.77. The van der Waals surface area contributed by atoms with Gasteiger partial charge in [0, 0.05) is 53.0 Å². The molecular weight excluding hydrogens is 555 g/mol. The van der Waals surface area contributed by atoms with Crippen molar-refractivity contribution in [1.29, 1.82) is 0 Å². The number of nitrogen functional groups attached to an aromatic ring is 3. The molecule has 4 aliphatic rings. The third-order valence-corrected chi connectivity index (χ3v) is 9.17. The number of hydrogen-bond acceptors (Lipinski definition) is 6. The van der Waals surface area contributed by atoms with Gasteiger partial charge >= 0.3 is 0 Å². The Morgan fingerprint density at radius 3 is 1.30 bits per heavy atom. The van der Waals surface area contributed by atoms with Gasteiger partial charge in [-0.2, -0.15) is 0 Å². The molecule has 0 amide bonds. The molecule has 6 nitrogen and oxygen atoms in total. The molecule has 0 heterocycles. The van der Waals surface area contributed by atoms with Crippen LogP contribution in [0.25, 0.3) is 0 Å². The lowest BCUT2D eigenvalue weighted by Crippen LogP contribution is -2.43. The molecular formula is C34H32F3N3O3. The summed E-state index contributed by atoms with van der Waals surface area (Å²) >= 11 is 0. The van der Waals surface area contributed by atoms with Crippen LogP contribution in [0.1, 0.15) is 43.6 Å². The van der Waals surface area contributed by atoms with Crippen LogP contribution in [0.2, 0.25) is 0 Å². The number of hydrogen-bond donors (Lipinski definition) is 3. The molecule has 0 spiro atoms. The molecule has 0 saturated heterocycles. The summed E-state index contributed by atoms with van der Waals surface area (Å²) in [5.41, 5.74) is 19.5. The molecule has 0 unspecified atom stereocenters. The van der Waals surface area contributed by atoms with E-state index in [1.165, 1.54) is 61.0 Å². The van der Waals surface area contributed by atoms with Crippen molar-refractivity contribution in [1.82, 2.24) is 0 Å². The summed E-state index contributed by atoms with van der Waals surface area (Å²) in [6, 6.07) is 15.3. The smallest absolute Gasteiger partial charge is 0.165 e. The van der Waals surface area contributed by atoms with E-state index in [0.29, 0.717) is 46.3 Å². The maximum atomic E-state index is 15.0. The fraction of sp³-hybridized carbons (Fsp3) is 0.294. The minimum atomic E-state index is -0.631. The zero-order valence-corrected chi connectivity index (χ0v) is 23.4. The Hall–Kier alpha value is -4.53. The fourth-order valence-corrected chi connectivity index (χ4v) is 7.69. The minimum Gasteiger partial charge on any atom is -0.454 e. The Labute approximate surface area is 247 Å². The van der Waals surface area contributed by atoms with Gasteiger partial charge in [-0.15, -0.1) is 0 Å². The standard InChI is InChI=1S/C34H32F3N3O3/c35-25-4-1-21(38)12-28(25)41-24-15-31(42-29-13-22(39)2-5-26(29)36)34(32(16-24)43-30-14-23(40)3-6-27(30)37)33-19-8-17-7-18(10-19)11-20(33)9-17/h1-6,12-20,33H,7-11,38-40H2. The van der Waals surface area contributed by atoms with E-state index in [9.17, 15) is 4.39 Å². The fourth-order valence-electron chi connectivity index (χ4n) is 7.69. The Morgan fingerprint density at radius 1 is 0.488 bits per heavy atom. The zero-order chi connectivity index (χ0) is 29.8. The van der Waals surface area contributed by atoms with E-state index in [4.69, 9.17) is 31.4 Å². The molecule has 8 rings (SSSR count). The van der Waals surface area contributed by atoms with E-state index in [1.54, 1.807) is 12.1 Å². The van der Waals surface area contributed by atoms with Crippen molar-refractivity contribution in [3.05, 3.63) is 89.7 Å². The van der Waals surface area contributed by atoms with E-state index in [1.807, 2.05) is 0 Å². The van der Waals surface area contributed by atoms with Gasteiger partial charge in [-0.05, 0) is 98.1 Å². The third-order valence-electron chi connectivity index (χ3n) is 9.17. The maximum absolute atomic E-state index is 15.0. The quantitative estimate of drug-likeness (QED) is 0.187. The first kappa shape index (κ1) is 27.3. The van der Waals surface area contributed by atoms with Crippen LogP contribution in [0.5, 0.6) is 34.5 Å². The van der Waals surface area contributed by atoms with Crippen LogP contribution in [0.3, 0.4) is 0 Å². The van der Waals surface area contributed by atoms with Crippen LogP contribution in [0, 0.1) is 41.1 Å². The highest BCUT2D eigenvalue weighted by atomic mass is 19.1. The van der Waals surface area contributed by atoms with E-state index in [-0.39, 0.29) is 40.4 Å². The summed E-state index contributed by atoms with van der Waals surface area (Å²) in [6.45, 7) is 0. The van der Waals surface area contributed by atoms with E-state index in [2.05, 4.69) is 0 Å². The van der Waals surface area contributed by atoms with Crippen molar-refractivity contribution in [2.75, 3.05) is 17.2 Å². The van der Waals surface area contributed by atoms with Gasteiger partial charge in [0.2, 0.25) is 0 Å². The average molecular weight is 588 g/mol. The van der Waals surface area contributed by atoms with E-state index in [0.717, 1.165) is 25.7 Å². The third kappa shape index (κ3) is 5.28. The lowest BCUT2D eigenvalue weighted by atomic mass is 9.50. The van der Waals surface area contributed by atoms with Gasteiger partial charge in [-0.3, -0.25) is 0 Å². The summed E-state index contributed by atoms with van der Waals surface area (Å²) in [5.74, 6) is 0.621. The van der Waals surface area contributed by atoms with Gasteiger partial charge in [0.1, 0.15) is 17.2 Å². The highest BCUT2D eigenvalue weighted by Gasteiger charge is 2.50. The van der Waals surface area contributed by atoms with Crippen LogP contribution in [0.15, 0.2) is 66.7 Å². The lowest BCUT2D eigenvalue weighted by Gasteiger charge is -2.54. The lowest BCUT2D eigenvalue weighted by molar-refractivity contribution is -0.00399. The van der Waals surface area contributed by atoms with E-state index >= 15 is 8.78 Å². The monoisotopic (exact) mass is 587 g/mol. The van der Waals surface area contributed by atoms with Gasteiger partial charge in [0.05, 0.1) is 0 Å². The first-order valence-corrected chi connectivity index (χ1v) is 14.6. The molecule has 0 aromatic heterocycles. The van der Waals surface area contributed by atoms with E-state index < -0.39 is 17.5 Å². The van der Waals surface area contributed by atoms with Crippen LogP contribution in [0.4, 0.5) is 30.2 Å². The van der Waals surface area contributed by atoms with Gasteiger partial charge < -0.3 is 31.4 Å². The first-order chi connectivity index (χ1) is 20.7. The molecule has 4 saturated carbocycles. The molecule has 6 N–H and O–H groups in total. The van der Waals surface area contributed by atoms with Crippen LogP contribution in [-0.2, 0) is 0 Å². The second-order valence-corrected chi connectivity index (χ2v) is 12.2. The summed E-state index contributed by atoms with van der Waals surface area (Å²) in [7, 11) is 0. The zero-order valence-electron chi connectivity index (χ0n) is 23.4. The van der Waals surface area contributed by atoms with Gasteiger partial charge in [-0.1, -0.05) is 0 Å². The first-order valence-electron chi connectivity index (χ1n) is 14.6. The summed E-state index contributed by atoms with van der Waals surface area (Å²) in [4.78, 5) is 0. The summed E-state index contributed by atoms with van der Waals surface area (Å²) in [5, 5.41) is 0. The van der Waals surface area contributed by atoms with Crippen molar-refractivity contribution in [2.24, 2.45) is 23.7 Å². The molecule has 4 aromatic carbocycles. The summed E-state index contributed by atoms with van der Waals surface area (Å²) in [6.07, 6.45) is 5.55. The molecule has 9 heteroatoms. The average Bonchev–Trinajstić information content (AvgIpc) is 2.95. The van der Waals surface area contributed by atoms with Gasteiger partial charge in [0.15, 0.2) is 34.7 Å². The Kier molecular flexibility index (Phi) is 6.75. The number of ether oxygens (including phenoxy) is 3. The SMILES string of the molecule is Nc1ccc(F)c(Oc2cc(Oc3cc(N)ccc3F)c(C3C4CC5CC(C4)CC3C5)c(Oc3cc(N)ccc3F)c2)c1. The maximum Gasteiger partial charge on any atom is 0.165 e. The number of rotatable bonds is 7. The van der Waals surface area contributed by atoms with Crippen molar-refractivity contribution in [2.45, 2.75) is 38.0 Å². The Balaban J connectivity index is 1.41. The highest BCUT2D eigenvalue weighted by molar-refractivity contribution is 5.58. The topological polar surface area (TPSA) is 106 Å². The Morgan fingerprint density at radius 2 is 0.884 bits per heavy atom. The normalized spacial score (nSPS) is 23.7. The van der Waals surface area contributed by atoms with Crippen molar-refractivity contribution >= 4 is 17.1 Å². The van der Waals surface area contributed by atoms with Crippen LogP contribution >= 0.6 is 0 Å². The second-order valence-electron chi connectivity index (χ2n) is 12.2. The number of halogens is 3. The molecule has 222 valence electrons. The molecule has 0 atom stereocenters. The Bertz CT molecular complexity index is 1610. The minimum absolute atomic E-state index is 0.0178. The van der Waals surface area contributed by atoms with Gasteiger partial charge in [0.25, 0.3) is 0 Å². The molecule has 0 aliphatic heterocycles. The number of anilines is 3. The second kappa shape index (κ2) is 10.6. The highest BCUT2D eigenvalue weighted by Crippen LogP contribution is 2.63. The molecule has 4 bridgehead atoms. The molecule has 4 fully saturated rings. The van der Waals surface area contributed by atoms with Crippen LogP contribution in [-0.4, -0.2) is 0 Å². The van der Waals surface area contributed by atoms with Crippen LogP contribution < -0.4 is 31.4 Å². The molecule has 43 heavy (non-hydrogen) atoms. The van der Waals surface area contributed by atoms with Crippen molar-refractivity contribution < 1.29 is 27.4 Å².